The van der Waals surface area contributed by atoms with Crippen molar-refractivity contribution < 1.29 is 22.4 Å². The molecule has 1 atom stereocenters. The Morgan fingerprint density at radius 3 is 2.48 bits per heavy atom. The Bertz CT molecular complexity index is 976. The van der Waals surface area contributed by atoms with E-state index in [0.29, 0.717) is 13.0 Å². The van der Waals surface area contributed by atoms with E-state index in [4.69, 9.17) is 5.14 Å². The second-order valence-electron chi connectivity index (χ2n) is 6.20. The Labute approximate surface area is 156 Å². The minimum Gasteiger partial charge on any atom is -0.305 e. The third-order valence-electron chi connectivity index (χ3n) is 4.27. The van der Waals surface area contributed by atoms with Crippen molar-refractivity contribution in [2.45, 2.75) is 23.8 Å². The van der Waals surface area contributed by atoms with Crippen molar-refractivity contribution in [2.24, 2.45) is 5.14 Å². The van der Waals surface area contributed by atoms with Gasteiger partial charge in [0.15, 0.2) is 0 Å². The highest BCUT2D eigenvalue weighted by Gasteiger charge is 2.39. The standard InChI is InChI=1S/C18H18FN3O4S/c19-13-2-1-3-14(10-13)22-17(23)11-16(18(22)24)21-9-8-12-4-6-15(7-5-12)27(20,25)26/h1-7,10,16,21H,8-9,11H2,(H2,20,25,26)/t16-/m1/s1. The Balaban J connectivity index is 1.59. The lowest BCUT2D eigenvalue weighted by Gasteiger charge is -2.15. The quantitative estimate of drug-likeness (QED) is 0.712. The molecule has 1 heterocycles. The van der Waals surface area contributed by atoms with Gasteiger partial charge in [-0.15, -0.1) is 0 Å². The summed E-state index contributed by atoms with van der Waals surface area (Å²) in [6.07, 6.45) is 0.530. The van der Waals surface area contributed by atoms with E-state index in [1.54, 1.807) is 12.1 Å². The van der Waals surface area contributed by atoms with Crippen LogP contribution in [0.1, 0.15) is 12.0 Å². The second kappa shape index (κ2) is 7.55. The number of benzene rings is 2. The monoisotopic (exact) mass is 391 g/mol. The van der Waals surface area contributed by atoms with E-state index in [1.165, 1.54) is 30.3 Å². The van der Waals surface area contributed by atoms with Crippen LogP contribution in [0.4, 0.5) is 10.1 Å². The number of nitrogens with one attached hydrogen (secondary N) is 1. The van der Waals surface area contributed by atoms with E-state index in [-0.39, 0.29) is 22.9 Å². The molecule has 1 fully saturated rings. The molecule has 2 amide bonds. The van der Waals surface area contributed by atoms with Crippen LogP contribution in [0.25, 0.3) is 0 Å². The molecule has 3 N–H and O–H groups in total. The summed E-state index contributed by atoms with van der Waals surface area (Å²) in [6.45, 7) is 0.412. The summed E-state index contributed by atoms with van der Waals surface area (Å²) in [7, 11) is -3.73. The summed E-state index contributed by atoms with van der Waals surface area (Å²) in [5, 5.41) is 8.07. The van der Waals surface area contributed by atoms with E-state index < -0.39 is 27.8 Å². The van der Waals surface area contributed by atoms with Crippen LogP contribution in [0.5, 0.6) is 0 Å². The molecule has 0 radical (unpaired) electrons. The van der Waals surface area contributed by atoms with Gasteiger partial charge in [-0.25, -0.2) is 22.8 Å². The summed E-state index contributed by atoms with van der Waals surface area (Å²) >= 11 is 0. The lowest BCUT2D eigenvalue weighted by Crippen LogP contribution is -2.39. The Morgan fingerprint density at radius 2 is 1.85 bits per heavy atom. The van der Waals surface area contributed by atoms with E-state index in [1.807, 2.05) is 0 Å². The molecule has 0 aliphatic carbocycles. The van der Waals surface area contributed by atoms with Gasteiger partial charge in [-0.3, -0.25) is 9.59 Å². The van der Waals surface area contributed by atoms with Crippen LogP contribution >= 0.6 is 0 Å². The van der Waals surface area contributed by atoms with E-state index in [2.05, 4.69) is 5.32 Å². The summed E-state index contributed by atoms with van der Waals surface area (Å²) in [6, 6.07) is 10.8. The van der Waals surface area contributed by atoms with Crippen molar-refractivity contribution in [3.8, 4) is 0 Å². The predicted octanol–water partition coefficient (Wildman–Crippen LogP) is 0.937. The van der Waals surface area contributed by atoms with Crippen LogP contribution < -0.4 is 15.4 Å². The molecule has 3 rings (SSSR count). The van der Waals surface area contributed by atoms with Crippen molar-refractivity contribution in [1.82, 2.24) is 5.32 Å². The Hall–Kier alpha value is -2.62. The fourth-order valence-electron chi connectivity index (χ4n) is 2.91. The largest absolute Gasteiger partial charge is 0.305 e. The highest BCUT2D eigenvalue weighted by Crippen LogP contribution is 2.23. The first-order valence-corrected chi connectivity index (χ1v) is 9.78. The number of nitrogens with zero attached hydrogens (tertiary/aromatic N) is 1. The average Bonchev–Trinajstić information content (AvgIpc) is 2.88. The molecule has 0 spiro atoms. The molecule has 7 nitrogen and oxygen atoms in total. The molecule has 1 aliphatic rings. The number of carbonyl (C=O) groups is 2. The van der Waals surface area contributed by atoms with E-state index >= 15 is 0 Å². The summed E-state index contributed by atoms with van der Waals surface area (Å²) < 4.78 is 35.8. The topological polar surface area (TPSA) is 110 Å². The van der Waals surface area contributed by atoms with Crippen LogP contribution in [-0.4, -0.2) is 32.8 Å². The van der Waals surface area contributed by atoms with Gasteiger partial charge in [0.05, 0.1) is 23.0 Å². The Morgan fingerprint density at radius 1 is 1.15 bits per heavy atom. The molecule has 9 heteroatoms. The van der Waals surface area contributed by atoms with Crippen molar-refractivity contribution in [3.63, 3.8) is 0 Å². The number of imide groups is 1. The summed E-state index contributed by atoms with van der Waals surface area (Å²) in [4.78, 5) is 25.6. The smallest absolute Gasteiger partial charge is 0.251 e. The lowest BCUT2D eigenvalue weighted by atomic mass is 10.1. The maximum Gasteiger partial charge on any atom is 0.251 e. The van der Waals surface area contributed by atoms with Gasteiger partial charge in [0, 0.05) is 0 Å². The number of amides is 2. The number of primary sulfonamides is 1. The van der Waals surface area contributed by atoms with Crippen molar-refractivity contribution in [3.05, 3.63) is 59.9 Å². The third kappa shape index (κ3) is 4.38. The molecule has 2 aromatic rings. The molecular weight excluding hydrogens is 373 g/mol. The number of hydrogen-bond donors (Lipinski definition) is 2. The molecule has 0 bridgehead atoms. The van der Waals surface area contributed by atoms with Crippen LogP contribution in [0.15, 0.2) is 53.4 Å². The maximum atomic E-state index is 13.4. The molecular formula is C18H18FN3O4S. The van der Waals surface area contributed by atoms with Crippen LogP contribution in [-0.2, 0) is 26.0 Å². The zero-order chi connectivity index (χ0) is 19.6. The van der Waals surface area contributed by atoms with Gasteiger partial charge < -0.3 is 5.32 Å². The van der Waals surface area contributed by atoms with Gasteiger partial charge >= 0.3 is 0 Å². The fourth-order valence-corrected chi connectivity index (χ4v) is 3.43. The number of hydrogen-bond acceptors (Lipinski definition) is 5. The van der Waals surface area contributed by atoms with Crippen molar-refractivity contribution in [2.75, 3.05) is 11.4 Å². The highest BCUT2D eigenvalue weighted by atomic mass is 32.2. The minimum atomic E-state index is -3.73. The summed E-state index contributed by atoms with van der Waals surface area (Å²) in [5.74, 6) is -1.33. The summed E-state index contributed by atoms with van der Waals surface area (Å²) in [5.41, 5.74) is 1.07. The first kappa shape index (κ1) is 19.2. The van der Waals surface area contributed by atoms with Crippen molar-refractivity contribution >= 4 is 27.5 Å². The first-order valence-electron chi connectivity index (χ1n) is 8.23. The van der Waals surface area contributed by atoms with Gasteiger partial charge in [-0.1, -0.05) is 18.2 Å². The van der Waals surface area contributed by atoms with E-state index in [0.717, 1.165) is 16.5 Å². The van der Waals surface area contributed by atoms with Crippen molar-refractivity contribution in [1.29, 1.82) is 0 Å². The molecule has 0 unspecified atom stereocenters. The number of rotatable bonds is 6. The molecule has 1 saturated heterocycles. The van der Waals surface area contributed by atoms with Crippen LogP contribution in [0.3, 0.4) is 0 Å². The SMILES string of the molecule is NS(=O)(=O)c1ccc(CCN[C@@H]2CC(=O)N(c3cccc(F)c3)C2=O)cc1. The van der Waals surface area contributed by atoms with Crippen LogP contribution in [0, 0.1) is 5.82 Å². The van der Waals surface area contributed by atoms with Gasteiger partial charge in [-0.2, -0.15) is 0 Å². The predicted molar refractivity (Wildman–Crippen MR) is 96.8 cm³/mol. The number of sulfonamides is 1. The molecule has 142 valence electrons. The average molecular weight is 391 g/mol. The maximum absolute atomic E-state index is 13.4. The number of anilines is 1. The number of carbonyl (C=O) groups excluding carboxylic acids is 2. The Kier molecular flexibility index (Phi) is 5.36. The normalized spacial score (nSPS) is 17.6. The van der Waals surface area contributed by atoms with Gasteiger partial charge in [-0.05, 0) is 48.9 Å². The molecule has 0 aromatic heterocycles. The minimum absolute atomic E-state index is 0.000296. The molecule has 0 saturated carbocycles. The van der Waals surface area contributed by atoms with Crippen LogP contribution in [0.2, 0.25) is 0 Å². The van der Waals surface area contributed by atoms with Gasteiger partial charge in [0.25, 0.3) is 5.91 Å². The van der Waals surface area contributed by atoms with Gasteiger partial charge in [0.2, 0.25) is 15.9 Å². The highest BCUT2D eigenvalue weighted by molar-refractivity contribution is 7.89. The van der Waals surface area contributed by atoms with E-state index in [9.17, 15) is 22.4 Å². The fraction of sp³-hybridized carbons (Fsp3) is 0.222. The number of halogens is 1. The molecule has 2 aromatic carbocycles. The zero-order valence-corrected chi connectivity index (χ0v) is 15.1. The third-order valence-corrected chi connectivity index (χ3v) is 5.20. The molecule has 27 heavy (non-hydrogen) atoms. The number of nitrogens with two attached hydrogens (primary N) is 1. The second-order valence-corrected chi connectivity index (χ2v) is 7.76. The van der Waals surface area contributed by atoms with Gasteiger partial charge in [0.1, 0.15) is 5.82 Å². The zero-order valence-electron chi connectivity index (χ0n) is 14.3. The first-order chi connectivity index (χ1) is 12.8. The lowest BCUT2D eigenvalue weighted by molar-refractivity contribution is -0.121. The molecule has 1 aliphatic heterocycles.